The first-order valence-electron chi connectivity index (χ1n) is 10.4. The molecule has 0 saturated heterocycles. The van der Waals surface area contributed by atoms with E-state index < -0.39 is 6.60 Å². The Kier molecular flexibility index (Phi) is 4.38. The van der Waals surface area contributed by atoms with Crippen molar-refractivity contribution in [3.63, 3.8) is 0 Å². The van der Waals surface area contributed by atoms with Gasteiger partial charge < -0.3 is 0 Å². The molecular weight excluding hydrogens is 381 g/mol. The maximum absolute atomic E-state index is 2.99. The monoisotopic (exact) mass is 407 g/mol. The Morgan fingerprint density at radius 2 is 0.933 bits per heavy atom. The molecule has 2 heteroatoms. The van der Waals surface area contributed by atoms with Crippen LogP contribution in [0.1, 0.15) is 0 Å². The first-order chi connectivity index (χ1) is 14.6. The van der Waals surface area contributed by atoms with Gasteiger partial charge in [-0.1, -0.05) is 0 Å². The second-order valence-electron chi connectivity index (χ2n) is 8.19. The Balaban J connectivity index is 2.04. The summed E-state index contributed by atoms with van der Waals surface area (Å²) in [6, 6.07) is 44.4. The van der Waals surface area contributed by atoms with Gasteiger partial charge >= 0.3 is 178 Å². The zero-order valence-electron chi connectivity index (χ0n) is 17.4. The van der Waals surface area contributed by atoms with Gasteiger partial charge in [-0.2, -0.15) is 0 Å². The molecule has 5 rings (SSSR count). The summed E-state index contributed by atoms with van der Waals surface area (Å²) in [5.41, 5.74) is 2.65. The van der Waals surface area contributed by atoms with Crippen molar-refractivity contribution in [1.29, 1.82) is 0 Å². The average Bonchev–Trinajstić information content (AvgIpc) is 3.18. The van der Waals surface area contributed by atoms with Gasteiger partial charge in [0, 0.05) is 0 Å². The number of aryl methyl sites for hydroxylation is 1. The van der Waals surface area contributed by atoms with Crippen LogP contribution in [0.15, 0.2) is 121 Å². The van der Waals surface area contributed by atoms with E-state index in [2.05, 4.69) is 140 Å². The van der Waals surface area contributed by atoms with Gasteiger partial charge in [0.2, 0.25) is 0 Å². The van der Waals surface area contributed by atoms with E-state index in [1.165, 1.54) is 32.3 Å². The molecule has 0 amide bonds. The SMILES string of the molecule is Cn1c(P(C)(c2ccccc2)(c2ccccc2)c2ccccc2)cc2ccccc21. The van der Waals surface area contributed by atoms with Crippen LogP contribution in [0.5, 0.6) is 0 Å². The topological polar surface area (TPSA) is 4.93 Å². The quantitative estimate of drug-likeness (QED) is 0.371. The molecule has 0 aliphatic carbocycles. The Bertz CT molecular complexity index is 1200. The molecule has 0 bridgehead atoms. The molecule has 0 aliphatic rings. The van der Waals surface area contributed by atoms with Crippen LogP contribution in [0.2, 0.25) is 0 Å². The van der Waals surface area contributed by atoms with Crippen LogP contribution in [0, 0.1) is 0 Å². The van der Waals surface area contributed by atoms with Crippen molar-refractivity contribution in [2.24, 2.45) is 7.05 Å². The fourth-order valence-corrected chi connectivity index (χ4v) is 10.8. The number of benzene rings is 4. The van der Waals surface area contributed by atoms with Crippen LogP contribution >= 0.6 is 6.60 Å². The van der Waals surface area contributed by atoms with E-state index in [0.717, 1.165) is 0 Å². The summed E-state index contributed by atoms with van der Waals surface area (Å²) in [6.07, 6.45) is 0. The maximum atomic E-state index is 2.51. The van der Waals surface area contributed by atoms with Gasteiger partial charge in [0.15, 0.2) is 0 Å². The van der Waals surface area contributed by atoms with Crippen molar-refractivity contribution >= 4 is 38.9 Å². The van der Waals surface area contributed by atoms with Crippen molar-refractivity contribution in [3.8, 4) is 0 Å². The van der Waals surface area contributed by atoms with E-state index in [9.17, 15) is 0 Å². The van der Waals surface area contributed by atoms with Crippen molar-refractivity contribution in [2.75, 3.05) is 6.66 Å². The van der Waals surface area contributed by atoms with Crippen LogP contribution in [0.3, 0.4) is 0 Å². The molecule has 1 aromatic heterocycles. The van der Waals surface area contributed by atoms with Gasteiger partial charge in [0.1, 0.15) is 0 Å². The van der Waals surface area contributed by atoms with Crippen LogP contribution in [0.25, 0.3) is 10.9 Å². The number of fused-ring (bicyclic) bond motifs is 1. The Labute approximate surface area is 178 Å². The fraction of sp³-hybridized carbons (Fsp3) is 0.0714. The zero-order valence-corrected chi connectivity index (χ0v) is 18.3. The number of hydrogen-bond acceptors (Lipinski definition) is 0. The number of rotatable bonds is 4. The molecule has 0 fully saturated rings. The van der Waals surface area contributed by atoms with Crippen molar-refractivity contribution in [3.05, 3.63) is 121 Å². The van der Waals surface area contributed by atoms with Gasteiger partial charge in [-0.25, -0.2) is 0 Å². The van der Waals surface area contributed by atoms with Gasteiger partial charge in [0.05, 0.1) is 0 Å². The summed E-state index contributed by atoms with van der Waals surface area (Å²) in [5, 5.41) is 5.43. The molecule has 0 aliphatic heterocycles. The van der Waals surface area contributed by atoms with Gasteiger partial charge in [0.25, 0.3) is 0 Å². The molecule has 1 nitrogen and oxygen atoms in total. The molecular formula is C28H26NP. The molecule has 0 unspecified atom stereocenters. The zero-order chi connectivity index (χ0) is 20.6. The Morgan fingerprint density at radius 3 is 1.37 bits per heavy atom. The standard InChI is InChI=1S/C28H26NP/c1-29-27-21-13-12-14-23(27)22-28(29)30(2,24-15-6-3-7-16-24,25-17-8-4-9-18-25)26-19-10-5-11-20-26/h3-22H,1-2H3. The van der Waals surface area contributed by atoms with E-state index in [-0.39, 0.29) is 0 Å². The summed E-state index contributed by atoms with van der Waals surface area (Å²) in [7, 11) is 2.22. The van der Waals surface area contributed by atoms with E-state index in [0.29, 0.717) is 0 Å². The number of nitrogens with zero attached hydrogens (tertiary/aromatic N) is 1. The predicted molar refractivity (Wildman–Crippen MR) is 134 cm³/mol. The average molecular weight is 407 g/mol. The molecule has 0 spiro atoms. The van der Waals surface area contributed by atoms with Crippen LogP contribution in [0.4, 0.5) is 0 Å². The minimum absolute atomic E-state index is 1.27. The molecule has 4 aromatic carbocycles. The third-order valence-electron chi connectivity index (χ3n) is 6.70. The first kappa shape index (κ1) is 18.9. The summed E-state index contributed by atoms with van der Waals surface area (Å²) in [4.78, 5) is 0. The van der Waals surface area contributed by atoms with Crippen molar-refractivity contribution in [2.45, 2.75) is 0 Å². The van der Waals surface area contributed by atoms with Crippen molar-refractivity contribution < 1.29 is 0 Å². The molecule has 0 saturated carbocycles. The Morgan fingerprint density at radius 1 is 0.533 bits per heavy atom. The fourth-order valence-electron chi connectivity index (χ4n) is 5.06. The Hall–Kier alpha value is -3.15. The van der Waals surface area contributed by atoms with Gasteiger partial charge in [-0.15, -0.1) is 0 Å². The van der Waals surface area contributed by atoms with Gasteiger partial charge in [-0.05, 0) is 0 Å². The molecule has 0 atom stereocenters. The summed E-state index contributed by atoms with van der Waals surface area (Å²) >= 11 is 0. The number of aromatic nitrogens is 1. The van der Waals surface area contributed by atoms with E-state index in [1.807, 2.05) is 0 Å². The van der Waals surface area contributed by atoms with E-state index >= 15 is 0 Å². The second-order valence-corrected chi connectivity index (χ2v) is 13.3. The predicted octanol–water partition coefficient (Wildman–Crippen LogP) is 4.96. The summed E-state index contributed by atoms with van der Waals surface area (Å²) in [6.45, 7) is -0.475. The second kappa shape index (κ2) is 6.97. The molecule has 0 N–H and O–H groups in total. The third-order valence-corrected chi connectivity index (χ3v) is 13.0. The molecule has 5 aromatic rings. The molecule has 1 heterocycles. The summed E-state index contributed by atoms with van der Waals surface area (Å²) in [5.74, 6) is 0. The number of para-hydroxylation sites is 1. The normalized spacial score (nSPS) is 13.1. The van der Waals surface area contributed by atoms with Crippen molar-refractivity contribution in [1.82, 2.24) is 4.57 Å². The molecule has 148 valence electrons. The summed E-state index contributed by atoms with van der Waals surface area (Å²) < 4.78 is 2.42. The molecule has 30 heavy (non-hydrogen) atoms. The van der Waals surface area contributed by atoms with Crippen LogP contribution < -0.4 is 21.3 Å². The first-order valence-corrected chi connectivity index (χ1v) is 13.1. The van der Waals surface area contributed by atoms with Crippen LogP contribution in [-0.4, -0.2) is 11.2 Å². The van der Waals surface area contributed by atoms with Gasteiger partial charge in [-0.3, -0.25) is 0 Å². The van der Waals surface area contributed by atoms with Crippen LogP contribution in [-0.2, 0) is 7.05 Å². The minimum atomic E-state index is -2.99. The van der Waals surface area contributed by atoms with E-state index in [4.69, 9.17) is 0 Å². The number of hydrogen-bond donors (Lipinski definition) is 0. The third kappa shape index (κ3) is 2.46. The van der Waals surface area contributed by atoms with E-state index in [1.54, 1.807) is 0 Å². The molecule has 0 radical (unpaired) electrons.